The van der Waals surface area contributed by atoms with E-state index in [1.54, 1.807) is 0 Å². The van der Waals surface area contributed by atoms with Crippen LogP contribution in [0.1, 0.15) is 27.7 Å². The maximum Gasteiger partial charge on any atom is 0.341 e. The molecule has 0 heterocycles. The van der Waals surface area contributed by atoms with Crippen LogP contribution in [0.4, 0.5) is 14.5 Å². The van der Waals surface area contributed by atoms with E-state index in [-0.39, 0.29) is 23.2 Å². The molecule has 1 saturated carbocycles. The molecule has 1 aromatic carbocycles. The molecule has 1 aliphatic rings. The Balaban J connectivity index is 2.10. The highest BCUT2D eigenvalue weighted by Crippen LogP contribution is 2.59. The SMILES string of the molecule is CC(C)=CC1C(C(=O)Nc2ccc(S(=O)(=O)C(F)F)cc2)C1(C)C. The number of rotatable bonds is 5. The van der Waals surface area contributed by atoms with Crippen LogP contribution in [-0.4, -0.2) is 20.1 Å². The molecule has 0 aliphatic heterocycles. The molecule has 2 rings (SSSR count). The van der Waals surface area contributed by atoms with Crippen LogP contribution >= 0.6 is 0 Å². The van der Waals surface area contributed by atoms with Gasteiger partial charge < -0.3 is 5.32 Å². The van der Waals surface area contributed by atoms with Gasteiger partial charge in [0.05, 0.1) is 10.8 Å². The number of sulfone groups is 1. The molecule has 2 unspecified atom stereocenters. The molecular formula is C17H21F2NO3S. The molecule has 132 valence electrons. The van der Waals surface area contributed by atoms with Crippen LogP contribution in [0.25, 0.3) is 0 Å². The minimum atomic E-state index is -4.62. The van der Waals surface area contributed by atoms with Crippen LogP contribution in [-0.2, 0) is 14.6 Å². The van der Waals surface area contributed by atoms with Crippen LogP contribution in [0.3, 0.4) is 0 Å². The van der Waals surface area contributed by atoms with E-state index in [9.17, 15) is 22.0 Å². The molecule has 24 heavy (non-hydrogen) atoms. The molecule has 0 bridgehead atoms. The summed E-state index contributed by atoms with van der Waals surface area (Å²) in [5.74, 6) is -3.64. The normalized spacial score (nSPS) is 22.1. The first-order valence-corrected chi connectivity index (χ1v) is 9.10. The number of carbonyl (C=O) groups is 1. The van der Waals surface area contributed by atoms with E-state index in [0.717, 1.165) is 17.7 Å². The number of allylic oxidation sites excluding steroid dienone is 2. The van der Waals surface area contributed by atoms with Crippen molar-refractivity contribution >= 4 is 21.4 Å². The van der Waals surface area contributed by atoms with Gasteiger partial charge in [0.15, 0.2) is 0 Å². The van der Waals surface area contributed by atoms with Crippen LogP contribution in [0, 0.1) is 17.3 Å². The second-order valence-corrected chi connectivity index (χ2v) is 8.81. The van der Waals surface area contributed by atoms with Crippen LogP contribution in [0.5, 0.6) is 0 Å². The largest absolute Gasteiger partial charge is 0.341 e. The molecule has 0 saturated heterocycles. The van der Waals surface area contributed by atoms with Crippen molar-refractivity contribution in [2.45, 2.75) is 38.3 Å². The van der Waals surface area contributed by atoms with Crippen molar-refractivity contribution in [1.82, 2.24) is 0 Å². The average molecular weight is 357 g/mol. The Morgan fingerprint density at radius 3 is 2.21 bits per heavy atom. The van der Waals surface area contributed by atoms with Crippen LogP contribution in [0.2, 0.25) is 0 Å². The molecule has 1 amide bonds. The summed E-state index contributed by atoms with van der Waals surface area (Å²) in [5.41, 5.74) is 1.39. The lowest BCUT2D eigenvalue weighted by atomic mass is 10.1. The third-order valence-electron chi connectivity index (χ3n) is 4.39. The average Bonchev–Trinajstić information content (AvgIpc) is 2.99. The number of nitrogens with one attached hydrogen (secondary N) is 1. The van der Waals surface area contributed by atoms with Crippen molar-refractivity contribution in [3.8, 4) is 0 Å². The van der Waals surface area contributed by atoms with Gasteiger partial charge in [-0.3, -0.25) is 4.79 Å². The van der Waals surface area contributed by atoms with Gasteiger partial charge in [0.25, 0.3) is 0 Å². The Labute approximate surface area is 140 Å². The lowest BCUT2D eigenvalue weighted by Crippen LogP contribution is -2.17. The standard InChI is InChI=1S/C17H21F2NO3S/c1-10(2)9-13-14(17(13,3)4)15(21)20-11-5-7-12(8-6-11)24(22,23)16(18)19/h5-9,13-14,16H,1-4H3,(H,20,21). The minimum absolute atomic E-state index is 0.139. The van der Waals surface area contributed by atoms with Gasteiger partial charge in [0, 0.05) is 5.69 Å². The summed E-state index contributed by atoms with van der Waals surface area (Å²) in [5, 5.41) is 2.72. The van der Waals surface area contributed by atoms with E-state index < -0.39 is 20.5 Å². The third kappa shape index (κ3) is 3.50. The molecule has 1 aliphatic carbocycles. The number of alkyl halides is 2. The summed E-state index contributed by atoms with van der Waals surface area (Å²) < 4.78 is 47.7. The minimum Gasteiger partial charge on any atom is -0.326 e. The molecule has 0 aromatic heterocycles. The Morgan fingerprint density at radius 2 is 1.75 bits per heavy atom. The Hall–Kier alpha value is -1.76. The molecule has 0 spiro atoms. The number of hydrogen-bond donors (Lipinski definition) is 1. The fourth-order valence-electron chi connectivity index (χ4n) is 2.90. The van der Waals surface area contributed by atoms with Gasteiger partial charge in [0.1, 0.15) is 0 Å². The zero-order valence-electron chi connectivity index (χ0n) is 14.0. The quantitative estimate of drug-likeness (QED) is 0.814. The predicted molar refractivity (Wildman–Crippen MR) is 88.5 cm³/mol. The lowest BCUT2D eigenvalue weighted by Gasteiger charge is -2.08. The van der Waals surface area contributed by atoms with Crippen LogP contribution in [0.15, 0.2) is 40.8 Å². The molecule has 1 aromatic rings. The van der Waals surface area contributed by atoms with E-state index in [0.29, 0.717) is 5.69 Å². The zero-order chi connectivity index (χ0) is 18.3. The molecule has 0 radical (unpaired) electrons. The monoisotopic (exact) mass is 357 g/mol. The Kier molecular flexibility index (Phi) is 4.86. The number of anilines is 1. The first kappa shape index (κ1) is 18.6. The summed E-state index contributed by atoms with van der Waals surface area (Å²) in [7, 11) is -4.62. The molecule has 1 N–H and O–H groups in total. The van der Waals surface area contributed by atoms with Crippen molar-refractivity contribution in [1.29, 1.82) is 0 Å². The first-order chi connectivity index (χ1) is 11.0. The van der Waals surface area contributed by atoms with Gasteiger partial charge in [-0.05, 0) is 49.4 Å². The maximum atomic E-state index is 12.5. The second kappa shape index (κ2) is 6.27. The Morgan fingerprint density at radius 1 is 1.21 bits per heavy atom. The Bertz CT molecular complexity index is 764. The summed E-state index contributed by atoms with van der Waals surface area (Å²) in [6.45, 7) is 7.98. The highest BCUT2D eigenvalue weighted by molar-refractivity contribution is 7.91. The van der Waals surface area contributed by atoms with E-state index in [1.807, 2.05) is 27.7 Å². The third-order valence-corrected chi connectivity index (χ3v) is 5.79. The summed E-state index contributed by atoms with van der Waals surface area (Å²) in [6.07, 6.45) is 2.07. The van der Waals surface area contributed by atoms with Gasteiger partial charge in [-0.2, -0.15) is 8.78 Å². The molecule has 4 nitrogen and oxygen atoms in total. The van der Waals surface area contributed by atoms with E-state index in [2.05, 4.69) is 11.4 Å². The van der Waals surface area contributed by atoms with Gasteiger partial charge in [-0.15, -0.1) is 0 Å². The number of hydrogen-bond acceptors (Lipinski definition) is 3. The van der Waals surface area contributed by atoms with Gasteiger partial charge in [-0.25, -0.2) is 8.42 Å². The van der Waals surface area contributed by atoms with Crippen molar-refractivity contribution in [2.75, 3.05) is 5.32 Å². The molecule has 1 fully saturated rings. The molecular weight excluding hydrogens is 336 g/mol. The fraction of sp³-hybridized carbons (Fsp3) is 0.471. The van der Waals surface area contributed by atoms with Crippen molar-refractivity contribution in [3.05, 3.63) is 35.9 Å². The summed E-state index contributed by atoms with van der Waals surface area (Å²) >= 11 is 0. The van der Waals surface area contributed by atoms with E-state index in [1.165, 1.54) is 12.1 Å². The fourth-order valence-corrected chi connectivity index (χ4v) is 3.62. The smallest absolute Gasteiger partial charge is 0.326 e. The highest BCUT2D eigenvalue weighted by Gasteiger charge is 2.60. The number of amides is 1. The highest BCUT2D eigenvalue weighted by atomic mass is 32.2. The van der Waals surface area contributed by atoms with Crippen molar-refractivity contribution in [2.24, 2.45) is 17.3 Å². The lowest BCUT2D eigenvalue weighted by molar-refractivity contribution is -0.118. The van der Waals surface area contributed by atoms with Crippen molar-refractivity contribution in [3.63, 3.8) is 0 Å². The van der Waals surface area contributed by atoms with Crippen LogP contribution < -0.4 is 5.32 Å². The first-order valence-electron chi connectivity index (χ1n) is 7.56. The second-order valence-electron chi connectivity index (χ2n) is 6.89. The zero-order valence-corrected chi connectivity index (χ0v) is 14.8. The summed E-state index contributed by atoms with van der Waals surface area (Å²) in [4.78, 5) is 11.9. The van der Waals surface area contributed by atoms with E-state index in [4.69, 9.17) is 0 Å². The maximum absolute atomic E-state index is 12.5. The van der Waals surface area contributed by atoms with Gasteiger partial charge in [0.2, 0.25) is 15.7 Å². The number of carbonyl (C=O) groups excluding carboxylic acids is 1. The van der Waals surface area contributed by atoms with Crippen molar-refractivity contribution < 1.29 is 22.0 Å². The predicted octanol–water partition coefficient (Wildman–Crippen LogP) is 3.86. The van der Waals surface area contributed by atoms with Gasteiger partial charge in [-0.1, -0.05) is 25.5 Å². The molecule has 2 atom stereocenters. The number of benzene rings is 1. The molecule has 7 heteroatoms. The summed E-state index contributed by atoms with van der Waals surface area (Å²) in [6, 6.07) is 4.78. The topological polar surface area (TPSA) is 63.2 Å². The number of halogens is 2. The van der Waals surface area contributed by atoms with E-state index >= 15 is 0 Å². The van der Waals surface area contributed by atoms with Gasteiger partial charge >= 0.3 is 5.76 Å².